The third kappa shape index (κ3) is 9.30. The zero-order chi connectivity index (χ0) is 49.0. The molecule has 0 bridgehead atoms. The zero-order valence-corrected chi connectivity index (χ0v) is 42.7. The van der Waals surface area contributed by atoms with E-state index >= 15 is 0 Å². The van der Waals surface area contributed by atoms with Crippen LogP contribution < -0.4 is 0 Å². The molecule has 0 spiro atoms. The minimum Gasteiger partial charge on any atom is -0.507 e. The summed E-state index contributed by atoms with van der Waals surface area (Å²) in [5, 5.41) is 12.6. The van der Waals surface area contributed by atoms with E-state index in [9.17, 15) is 5.11 Å². The zero-order valence-electron chi connectivity index (χ0n) is 42.7. The van der Waals surface area contributed by atoms with E-state index in [1.165, 1.54) is 11.1 Å². The van der Waals surface area contributed by atoms with Crippen LogP contribution in [0.15, 0.2) is 170 Å². The van der Waals surface area contributed by atoms with Crippen LogP contribution in [0.5, 0.6) is 5.75 Å². The number of hydrogen-bond acceptors (Lipinski definition) is 3. The summed E-state index contributed by atoms with van der Waals surface area (Å²) in [4.78, 5) is 10.7. The summed E-state index contributed by atoms with van der Waals surface area (Å²) in [7, 11) is 0. The fourth-order valence-electron chi connectivity index (χ4n) is 9.43. The van der Waals surface area contributed by atoms with Crippen LogP contribution in [-0.2, 0) is 21.7 Å². The summed E-state index contributed by atoms with van der Waals surface area (Å²) in [6.07, 6.45) is 2.92. The third-order valence-electron chi connectivity index (χ3n) is 14.2. The Balaban J connectivity index is 1.34. The lowest BCUT2D eigenvalue weighted by atomic mass is 9.78. The molecule has 69 heavy (non-hydrogen) atoms. The van der Waals surface area contributed by atoms with Crippen LogP contribution in [-0.4, -0.2) is 19.6 Å². The quantitative estimate of drug-likeness (QED) is 0.157. The molecule has 0 amide bonds. The van der Waals surface area contributed by atoms with Gasteiger partial charge < -0.3 is 5.11 Å². The van der Waals surface area contributed by atoms with Gasteiger partial charge >= 0.3 is 0 Å². The van der Waals surface area contributed by atoms with Gasteiger partial charge in [0.05, 0.1) is 28.0 Å². The molecule has 0 saturated heterocycles. The first-order valence-corrected chi connectivity index (χ1v) is 24.6. The molecule has 0 aliphatic heterocycles. The number of phenolic OH excluding ortho intramolecular Hbond substituents is 1. The van der Waals surface area contributed by atoms with Gasteiger partial charge in [-0.3, -0.25) is 9.55 Å². The molecule has 9 aromatic rings. The summed E-state index contributed by atoms with van der Waals surface area (Å²) in [5.41, 5.74) is 18.3. The van der Waals surface area contributed by atoms with Gasteiger partial charge in [0.15, 0.2) is 0 Å². The van der Waals surface area contributed by atoms with Crippen molar-refractivity contribution in [3.05, 3.63) is 192 Å². The van der Waals surface area contributed by atoms with E-state index < -0.39 is 0 Å². The topological polar surface area (TPSA) is 50.9 Å². The van der Waals surface area contributed by atoms with Crippen LogP contribution >= 0.6 is 0 Å². The first-order chi connectivity index (χ1) is 32.7. The maximum absolute atomic E-state index is 12.6. The van der Waals surface area contributed by atoms with E-state index in [1.54, 1.807) is 0 Å². The van der Waals surface area contributed by atoms with Crippen LogP contribution in [0.1, 0.15) is 112 Å². The monoisotopic (exact) mass is 906 g/mol. The van der Waals surface area contributed by atoms with Crippen molar-refractivity contribution >= 4 is 11.0 Å². The SMILES string of the molecule is CCC(C)(C)c1ccc(-n2c(-c3cc(C(C)(C)C)cc(C(C)(C)C)c3O)nc3c(-c4cc(-c5ccccc5)cc(-c5cc(-c6ccc(C(C)(C)C)cc6)ccn5)c4)cccc32)c(-c2ccccc2)c1. The molecule has 9 rings (SSSR count). The van der Waals surface area contributed by atoms with Crippen molar-refractivity contribution in [2.75, 3.05) is 0 Å². The number of aromatic nitrogens is 3. The number of imidazole rings is 1. The minimum atomic E-state index is -0.333. The highest BCUT2D eigenvalue weighted by Gasteiger charge is 2.30. The molecule has 7 aromatic carbocycles. The van der Waals surface area contributed by atoms with Gasteiger partial charge in [-0.1, -0.05) is 192 Å². The van der Waals surface area contributed by atoms with E-state index in [0.717, 1.165) is 90.0 Å². The summed E-state index contributed by atoms with van der Waals surface area (Å²) in [6, 6.07) is 59.1. The number of phenols is 1. The fraction of sp³-hybridized carbons (Fsp3) is 0.262. The highest BCUT2D eigenvalue weighted by molar-refractivity contribution is 5.98. The number of rotatable bonds is 9. The summed E-state index contributed by atoms with van der Waals surface area (Å²) >= 11 is 0. The Bertz CT molecular complexity index is 3320. The average Bonchev–Trinajstić information content (AvgIpc) is 3.73. The van der Waals surface area contributed by atoms with Gasteiger partial charge in [0.2, 0.25) is 0 Å². The Morgan fingerprint density at radius 2 is 1.04 bits per heavy atom. The van der Waals surface area contributed by atoms with E-state index in [4.69, 9.17) is 9.97 Å². The Morgan fingerprint density at radius 3 is 1.68 bits per heavy atom. The smallest absolute Gasteiger partial charge is 0.149 e. The minimum absolute atomic E-state index is 0.0390. The number of nitrogens with zero attached hydrogens (tertiary/aromatic N) is 3. The summed E-state index contributed by atoms with van der Waals surface area (Å²) in [5.74, 6) is 0.948. The molecule has 4 nitrogen and oxygen atoms in total. The molecule has 348 valence electrons. The van der Waals surface area contributed by atoms with Crippen molar-refractivity contribution in [1.82, 2.24) is 14.5 Å². The lowest BCUT2D eigenvalue weighted by molar-refractivity contribution is 0.446. The summed E-state index contributed by atoms with van der Waals surface area (Å²) < 4.78 is 2.30. The number of para-hydroxylation sites is 1. The molecule has 2 aromatic heterocycles. The van der Waals surface area contributed by atoms with Crippen molar-refractivity contribution < 1.29 is 5.11 Å². The van der Waals surface area contributed by atoms with Crippen LogP contribution in [0.25, 0.3) is 83.9 Å². The third-order valence-corrected chi connectivity index (χ3v) is 14.2. The highest BCUT2D eigenvalue weighted by atomic mass is 16.3. The fourth-order valence-corrected chi connectivity index (χ4v) is 9.43. The lowest BCUT2D eigenvalue weighted by Crippen LogP contribution is -2.17. The molecule has 1 N–H and O–H groups in total. The highest BCUT2D eigenvalue weighted by Crippen LogP contribution is 2.46. The van der Waals surface area contributed by atoms with E-state index in [-0.39, 0.29) is 27.4 Å². The van der Waals surface area contributed by atoms with Gasteiger partial charge in [0.1, 0.15) is 11.6 Å². The molecule has 0 unspecified atom stereocenters. The lowest BCUT2D eigenvalue weighted by Gasteiger charge is -2.28. The molecular formula is C65H67N3O. The van der Waals surface area contributed by atoms with Crippen LogP contribution in [0.3, 0.4) is 0 Å². The van der Waals surface area contributed by atoms with Crippen LogP contribution in [0.4, 0.5) is 0 Å². The predicted octanol–water partition coefficient (Wildman–Crippen LogP) is 17.7. The maximum Gasteiger partial charge on any atom is 0.149 e. The Morgan fingerprint density at radius 1 is 0.449 bits per heavy atom. The first kappa shape index (κ1) is 47.0. The molecule has 0 atom stereocenters. The Kier molecular flexibility index (Phi) is 12.1. The van der Waals surface area contributed by atoms with Crippen molar-refractivity contribution in [2.45, 2.75) is 111 Å². The largest absolute Gasteiger partial charge is 0.507 e. The normalized spacial score (nSPS) is 12.5. The molecule has 0 aliphatic rings. The van der Waals surface area contributed by atoms with E-state index in [1.807, 2.05) is 6.20 Å². The number of fused-ring (bicyclic) bond motifs is 1. The molecule has 2 heterocycles. The molecule has 0 aliphatic carbocycles. The van der Waals surface area contributed by atoms with Crippen molar-refractivity contribution in [3.63, 3.8) is 0 Å². The second kappa shape index (κ2) is 17.8. The van der Waals surface area contributed by atoms with Gasteiger partial charge in [-0.15, -0.1) is 0 Å². The molecule has 0 saturated carbocycles. The van der Waals surface area contributed by atoms with Crippen molar-refractivity contribution in [2.24, 2.45) is 0 Å². The van der Waals surface area contributed by atoms with E-state index in [2.05, 4.69) is 251 Å². The maximum atomic E-state index is 12.6. The predicted molar refractivity (Wildman–Crippen MR) is 293 cm³/mol. The summed E-state index contributed by atoms with van der Waals surface area (Å²) in [6.45, 7) is 26.9. The van der Waals surface area contributed by atoms with Crippen molar-refractivity contribution in [1.29, 1.82) is 0 Å². The standard InChI is InChI=1S/C65H67N3O/c1-13-65(11,12)50-31-32-57(53(39-50)44-23-18-15-19-24-44)68-58-26-20-25-52(59(58)67-61(68)54-40-51(63(5,6)7)41-55(60(54)69)64(8,9)10)47-35-46(42-21-16-14-17-22-42)36-48(37-47)56-38-45(33-34-66-56)43-27-29-49(30-28-43)62(2,3)4/h14-41,69H,13H2,1-12H3. The number of benzene rings is 7. The van der Waals surface area contributed by atoms with Crippen LogP contribution in [0, 0.1) is 0 Å². The van der Waals surface area contributed by atoms with Gasteiger partial charge in [-0.2, -0.15) is 0 Å². The van der Waals surface area contributed by atoms with Crippen LogP contribution in [0.2, 0.25) is 0 Å². The number of hydrogen-bond donors (Lipinski definition) is 1. The Hall–Kier alpha value is -7.04. The van der Waals surface area contributed by atoms with Crippen molar-refractivity contribution in [3.8, 4) is 78.6 Å². The average molecular weight is 906 g/mol. The van der Waals surface area contributed by atoms with Gasteiger partial charge in [0, 0.05) is 28.5 Å². The molecular weight excluding hydrogens is 839 g/mol. The number of aromatic hydroxyl groups is 1. The molecule has 4 heteroatoms. The van der Waals surface area contributed by atoms with Gasteiger partial charge in [0.25, 0.3) is 0 Å². The van der Waals surface area contributed by atoms with Gasteiger partial charge in [-0.05, 0) is 133 Å². The Labute approximate surface area is 410 Å². The second-order valence-corrected chi connectivity index (χ2v) is 22.6. The van der Waals surface area contributed by atoms with Gasteiger partial charge in [-0.25, -0.2) is 4.98 Å². The van der Waals surface area contributed by atoms with E-state index in [0.29, 0.717) is 11.4 Å². The molecule has 0 radical (unpaired) electrons. The first-order valence-electron chi connectivity index (χ1n) is 24.6. The molecule has 0 fully saturated rings. The second-order valence-electron chi connectivity index (χ2n) is 22.6. The number of pyridine rings is 1.